The van der Waals surface area contributed by atoms with Crippen molar-refractivity contribution in [2.24, 2.45) is 0 Å². The van der Waals surface area contributed by atoms with Crippen molar-refractivity contribution in [3.05, 3.63) is 63.9 Å². The summed E-state index contributed by atoms with van der Waals surface area (Å²) in [5, 5.41) is 4.36. The molecular weight excluding hydrogens is 292 g/mol. The number of pyridine rings is 1. The lowest BCUT2D eigenvalue weighted by Crippen LogP contribution is -2.20. The predicted octanol–water partition coefficient (Wildman–Crippen LogP) is 1.54. The molecule has 7 heteroatoms. The van der Waals surface area contributed by atoms with Gasteiger partial charge in [-0.15, -0.1) is 0 Å². The number of hydrogen-bond donors (Lipinski definition) is 0. The van der Waals surface area contributed by atoms with Crippen LogP contribution < -0.4 is 5.43 Å². The van der Waals surface area contributed by atoms with Gasteiger partial charge in [-0.05, 0) is 6.07 Å². The third kappa shape index (κ3) is 3.76. The van der Waals surface area contributed by atoms with Crippen LogP contribution in [0.3, 0.4) is 0 Å². The Morgan fingerprint density at radius 2 is 2.14 bits per heavy atom. The van der Waals surface area contributed by atoms with E-state index in [2.05, 4.69) is 10.1 Å². The number of hydrogen-bond acceptors (Lipinski definition) is 5. The highest BCUT2D eigenvalue weighted by Crippen LogP contribution is 2.10. The van der Waals surface area contributed by atoms with E-state index in [-0.39, 0.29) is 5.69 Å². The summed E-state index contributed by atoms with van der Waals surface area (Å²) in [6.45, 7) is 0. The van der Waals surface area contributed by atoms with Crippen LogP contribution in [0.1, 0.15) is 10.5 Å². The molecule has 0 bridgehead atoms. The molecule has 0 saturated heterocycles. The fraction of sp³-hybridized carbons (Fsp3) is 0.143. The first-order valence-electron chi connectivity index (χ1n) is 6.08. The van der Waals surface area contributed by atoms with E-state index < -0.39 is 11.2 Å². The molecule has 0 radical (unpaired) electrons. The second-order valence-electron chi connectivity index (χ2n) is 4.45. The average Bonchev–Trinajstić information content (AvgIpc) is 2.45. The van der Waals surface area contributed by atoms with E-state index in [0.29, 0.717) is 10.8 Å². The smallest absolute Gasteiger partial charge is 0.211 e. The van der Waals surface area contributed by atoms with Gasteiger partial charge in [0.05, 0.1) is 5.69 Å². The standard InChI is InChI=1S/C14H13ClN4O2/c1-18(2)7-4-11(20)14-12(21)5-8-19(17-14)10-3-6-16-13(15)9-10/h3-9H,1-2H3/b7-4+. The van der Waals surface area contributed by atoms with Crippen LogP contribution >= 0.6 is 11.6 Å². The van der Waals surface area contributed by atoms with Crippen molar-refractivity contribution in [1.82, 2.24) is 19.7 Å². The van der Waals surface area contributed by atoms with Crippen LogP contribution in [0.2, 0.25) is 5.15 Å². The van der Waals surface area contributed by atoms with Crippen LogP contribution in [0.4, 0.5) is 0 Å². The number of ketones is 1. The van der Waals surface area contributed by atoms with E-state index in [9.17, 15) is 9.59 Å². The lowest BCUT2D eigenvalue weighted by molar-refractivity contribution is 0.103. The van der Waals surface area contributed by atoms with Crippen molar-refractivity contribution in [3.8, 4) is 5.69 Å². The Morgan fingerprint density at radius 1 is 1.38 bits per heavy atom. The topological polar surface area (TPSA) is 68.1 Å². The maximum atomic E-state index is 12.0. The van der Waals surface area contributed by atoms with Gasteiger partial charge >= 0.3 is 0 Å². The highest BCUT2D eigenvalue weighted by Gasteiger charge is 2.11. The molecule has 0 aromatic carbocycles. The molecule has 0 amide bonds. The number of carbonyl (C=O) groups excluding carboxylic acids is 1. The summed E-state index contributed by atoms with van der Waals surface area (Å²) in [5.74, 6) is -0.455. The third-order valence-electron chi connectivity index (χ3n) is 2.54. The van der Waals surface area contributed by atoms with Gasteiger partial charge in [0.1, 0.15) is 5.15 Å². The fourth-order valence-corrected chi connectivity index (χ4v) is 1.72. The van der Waals surface area contributed by atoms with Crippen LogP contribution in [0, 0.1) is 0 Å². The maximum absolute atomic E-state index is 12.0. The van der Waals surface area contributed by atoms with Crippen molar-refractivity contribution >= 4 is 17.4 Å². The van der Waals surface area contributed by atoms with Crippen LogP contribution in [-0.2, 0) is 0 Å². The van der Waals surface area contributed by atoms with Crippen LogP contribution in [0.15, 0.2) is 47.7 Å². The van der Waals surface area contributed by atoms with E-state index in [1.165, 1.54) is 29.2 Å². The molecule has 0 aliphatic heterocycles. The first kappa shape index (κ1) is 14.9. The minimum Gasteiger partial charge on any atom is -0.383 e. The summed E-state index contributed by atoms with van der Waals surface area (Å²) in [6, 6.07) is 4.55. The number of allylic oxidation sites excluding steroid dienone is 1. The zero-order chi connectivity index (χ0) is 15.4. The first-order valence-corrected chi connectivity index (χ1v) is 6.46. The zero-order valence-electron chi connectivity index (χ0n) is 11.5. The fourth-order valence-electron chi connectivity index (χ4n) is 1.55. The lowest BCUT2D eigenvalue weighted by Gasteiger charge is -2.06. The Balaban J connectivity index is 2.42. The SMILES string of the molecule is CN(C)/C=C/C(=O)c1nn(-c2ccnc(Cl)c2)ccc1=O. The monoisotopic (exact) mass is 304 g/mol. The van der Waals surface area contributed by atoms with E-state index in [1.54, 1.807) is 37.3 Å². The molecule has 2 heterocycles. The molecule has 6 nitrogen and oxygen atoms in total. The van der Waals surface area contributed by atoms with Gasteiger partial charge < -0.3 is 4.90 Å². The zero-order valence-corrected chi connectivity index (χ0v) is 12.3. The second-order valence-corrected chi connectivity index (χ2v) is 4.84. The molecule has 2 aromatic rings. The average molecular weight is 305 g/mol. The molecule has 0 fully saturated rings. The minimum absolute atomic E-state index is 0.150. The van der Waals surface area contributed by atoms with Crippen LogP contribution in [-0.4, -0.2) is 39.5 Å². The quantitative estimate of drug-likeness (QED) is 0.487. The lowest BCUT2D eigenvalue weighted by atomic mass is 10.2. The molecule has 0 unspecified atom stereocenters. The van der Waals surface area contributed by atoms with Crippen molar-refractivity contribution < 1.29 is 4.79 Å². The van der Waals surface area contributed by atoms with Gasteiger partial charge in [-0.3, -0.25) is 9.59 Å². The van der Waals surface area contributed by atoms with E-state index in [4.69, 9.17) is 11.6 Å². The number of nitrogens with zero attached hydrogens (tertiary/aromatic N) is 4. The van der Waals surface area contributed by atoms with Crippen molar-refractivity contribution in [2.75, 3.05) is 14.1 Å². The summed E-state index contributed by atoms with van der Waals surface area (Å²) in [4.78, 5) is 29.3. The minimum atomic E-state index is -0.455. The van der Waals surface area contributed by atoms with Gasteiger partial charge in [-0.1, -0.05) is 11.6 Å². The molecule has 0 aliphatic rings. The number of aromatic nitrogens is 3. The summed E-state index contributed by atoms with van der Waals surface area (Å²) < 4.78 is 1.41. The van der Waals surface area contributed by atoms with Gasteiger partial charge in [-0.25, -0.2) is 9.67 Å². The van der Waals surface area contributed by atoms with Gasteiger partial charge in [0, 0.05) is 50.9 Å². The Bertz CT molecular complexity index is 753. The van der Waals surface area contributed by atoms with E-state index in [1.807, 2.05) is 0 Å². The third-order valence-corrected chi connectivity index (χ3v) is 2.75. The molecule has 0 spiro atoms. The number of halogens is 1. The Morgan fingerprint density at radius 3 is 2.81 bits per heavy atom. The molecule has 0 N–H and O–H groups in total. The Kier molecular flexibility index (Phi) is 4.49. The Hall–Kier alpha value is -2.47. The molecule has 2 rings (SSSR count). The molecule has 0 aliphatic carbocycles. The summed E-state index contributed by atoms with van der Waals surface area (Å²) in [6.07, 6.45) is 5.85. The largest absolute Gasteiger partial charge is 0.383 e. The summed E-state index contributed by atoms with van der Waals surface area (Å²) >= 11 is 5.82. The molecule has 108 valence electrons. The van der Waals surface area contributed by atoms with Gasteiger partial charge in [0.15, 0.2) is 5.69 Å². The van der Waals surface area contributed by atoms with E-state index in [0.717, 1.165) is 0 Å². The van der Waals surface area contributed by atoms with Gasteiger partial charge in [-0.2, -0.15) is 5.10 Å². The normalized spacial score (nSPS) is 10.8. The molecule has 0 saturated carbocycles. The number of rotatable bonds is 4. The van der Waals surface area contributed by atoms with Crippen molar-refractivity contribution in [1.29, 1.82) is 0 Å². The van der Waals surface area contributed by atoms with Crippen molar-refractivity contribution in [3.63, 3.8) is 0 Å². The predicted molar refractivity (Wildman–Crippen MR) is 79.8 cm³/mol. The maximum Gasteiger partial charge on any atom is 0.211 e. The van der Waals surface area contributed by atoms with Crippen LogP contribution in [0.25, 0.3) is 5.69 Å². The molecular formula is C14H13ClN4O2. The summed E-state index contributed by atoms with van der Waals surface area (Å²) in [7, 11) is 3.55. The first-order chi connectivity index (χ1) is 9.97. The van der Waals surface area contributed by atoms with Crippen LogP contribution in [0.5, 0.6) is 0 Å². The molecule has 2 aromatic heterocycles. The second kappa shape index (κ2) is 6.32. The molecule has 0 atom stereocenters. The van der Waals surface area contributed by atoms with E-state index >= 15 is 0 Å². The Labute approximate surface area is 126 Å². The van der Waals surface area contributed by atoms with Crippen molar-refractivity contribution in [2.45, 2.75) is 0 Å². The highest BCUT2D eigenvalue weighted by atomic mass is 35.5. The van der Waals surface area contributed by atoms with Gasteiger partial charge in [0.25, 0.3) is 0 Å². The summed E-state index contributed by atoms with van der Waals surface area (Å²) in [5.41, 5.74) is 0.0315. The highest BCUT2D eigenvalue weighted by molar-refractivity contribution is 6.29. The van der Waals surface area contributed by atoms with Gasteiger partial charge in [0.2, 0.25) is 11.2 Å². The number of carbonyl (C=O) groups is 1. The molecule has 21 heavy (non-hydrogen) atoms.